The van der Waals surface area contributed by atoms with Crippen LogP contribution in [0.2, 0.25) is 0 Å². The number of rotatable bonds is 6. The molecule has 7 heteroatoms. The molecule has 3 aromatic rings. The average Bonchev–Trinajstić information content (AvgIpc) is 3.28. The molecule has 1 aliphatic rings. The van der Waals surface area contributed by atoms with E-state index in [0.29, 0.717) is 22.6 Å². The minimum absolute atomic E-state index is 0.00372. The Hall–Kier alpha value is -2.12. The summed E-state index contributed by atoms with van der Waals surface area (Å²) in [6.45, 7) is 0.529. The maximum Gasteiger partial charge on any atom is 0.262 e. The van der Waals surface area contributed by atoms with Gasteiger partial charge in [0.1, 0.15) is 0 Å². The zero-order chi connectivity index (χ0) is 21.1. The van der Waals surface area contributed by atoms with E-state index in [2.05, 4.69) is 15.9 Å². The van der Waals surface area contributed by atoms with Gasteiger partial charge in [-0.3, -0.25) is 14.2 Å². The molecule has 0 bridgehead atoms. The molecule has 0 atom stereocenters. The molecule has 1 saturated carbocycles. The predicted octanol–water partition coefficient (Wildman–Crippen LogP) is 5.02. The summed E-state index contributed by atoms with van der Waals surface area (Å²) in [7, 11) is 1.81. The number of benzene rings is 2. The van der Waals surface area contributed by atoms with Gasteiger partial charge >= 0.3 is 0 Å². The van der Waals surface area contributed by atoms with Crippen LogP contribution in [0.3, 0.4) is 0 Å². The zero-order valence-electron chi connectivity index (χ0n) is 16.9. The van der Waals surface area contributed by atoms with Gasteiger partial charge in [0.05, 0.1) is 16.7 Å². The molecule has 156 valence electrons. The first-order valence-electron chi connectivity index (χ1n) is 10.2. The minimum atomic E-state index is 0.00372. The molecule has 1 heterocycles. The summed E-state index contributed by atoms with van der Waals surface area (Å²) in [5.41, 5.74) is 1.75. The number of halogens is 1. The number of fused-ring (bicyclic) bond motifs is 1. The van der Waals surface area contributed by atoms with Crippen molar-refractivity contribution in [2.24, 2.45) is 0 Å². The molecule has 0 radical (unpaired) electrons. The Kier molecular flexibility index (Phi) is 6.58. The highest BCUT2D eigenvalue weighted by Gasteiger charge is 2.23. The topological polar surface area (TPSA) is 55.2 Å². The molecule has 1 amide bonds. The molecule has 0 spiro atoms. The van der Waals surface area contributed by atoms with Crippen LogP contribution in [0.5, 0.6) is 0 Å². The summed E-state index contributed by atoms with van der Waals surface area (Å²) in [5, 5.41) is 1.29. The third-order valence-corrected chi connectivity index (χ3v) is 7.29. The molecule has 4 rings (SSSR count). The average molecular weight is 486 g/mol. The number of hydrogen-bond donors (Lipinski definition) is 0. The van der Waals surface area contributed by atoms with E-state index >= 15 is 0 Å². The van der Waals surface area contributed by atoms with E-state index < -0.39 is 0 Å². The summed E-state index contributed by atoms with van der Waals surface area (Å²) in [6, 6.07) is 15.5. The first-order valence-corrected chi connectivity index (χ1v) is 11.9. The van der Waals surface area contributed by atoms with E-state index in [0.717, 1.165) is 35.7 Å². The Morgan fingerprint density at radius 3 is 2.63 bits per heavy atom. The van der Waals surface area contributed by atoms with Crippen LogP contribution < -0.4 is 5.56 Å². The van der Waals surface area contributed by atoms with Gasteiger partial charge in [-0.2, -0.15) is 0 Å². The number of thioether (sulfide) groups is 1. The fourth-order valence-electron chi connectivity index (χ4n) is 3.92. The Balaban J connectivity index is 1.55. The fraction of sp³-hybridized carbons (Fsp3) is 0.348. The standard InChI is InChI=1S/C23H24BrN3O2S/c1-26(14-16-8-2-6-12-19(16)24)21(28)15-30-23-25-20-13-7-5-11-18(20)22(29)27(23)17-9-3-4-10-17/h2,5-8,11-13,17H,3-4,9-10,14-15H2,1H3. The van der Waals surface area contributed by atoms with E-state index in [1.54, 1.807) is 11.9 Å². The fourth-order valence-corrected chi connectivity index (χ4v) is 5.34. The van der Waals surface area contributed by atoms with E-state index in [4.69, 9.17) is 4.98 Å². The van der Waals surface area contributed by atoms with Gasteiger partial charge < -0.3 is 4.90 Å². The summed E-state index contributed by atoms with van der Waals surface area (Å²) < 4.78 is 2.82. The predicted molar refractivity (Wildman–Crippen MR) is 125 cm³/mol. The third kappa shape index (κ3) is 4.47. The van der Waals surface area contributed by atoms with Crippen molar-refractivity contribution in [1.29, 1.82) is 0 Å². The normalized spacial score (nSPS) is 14.3. The molecule has 0 N–H and O–H groups in total. The number of carbonyl (C=O) groups is 1. The van der Waals surface area contributed by atoms with Gasteiger partial charge in [-0.1, -0.05) is 70.9 Å². The molecule has 1 fully saturated rings. The van der Waals surface area contributed by atoms with Gasteiger partial charge in [0.15, 0.2) is 5.16 Å². The molecule has 0 aliphatic heterocycles. The summed E-state index contributed by atoms with van der Waals surface area (Å²) in [6.07, 6.45) is 4.23. The highest BCUT2D eigenvalue weighted by molar-refractivity contribution is 9.10. The molecule has 0 saturated heterocycles. The lowest BCUT2D eigenvalue weighted by atomic mass is 10.2. The lowest BCUT2D eigenvalue weighted by Crippen LogP contribution is -2.29. The van der Waals surface area contributed by atoms with Crippen molar-refractivity contribution in [2.45, 2.75) is 43.4 Å². The van der Waals surface area contributed by atoms with Gasteiger partial charge in [-0.25, -0.2) is 4.98 Å². The third-order valence-electron chi connectivity index (χ3n) is 5.58. The van der Waals surface area contributed by atoms with Gasteiger partial charge in [-0.05, 0) is 36.6 Å². The van der Waals surface area contributed by atoms with Crippen LogP contribution in [0.4, 0.5) is 0 Å². The molecule has 30 heavy (non-hydrogen) atoms. The van der Waals surface area contributed by atoms with Crippen molar-refractivity contribution in [3.05, 3.63) is 68.9 Å². The molecule has 0 unspecified atom stereocenters. The Labute approximate surface area is 188 Å². The Morgan fingerprint density at radius 2 is 1.87 bits per heavy atom. The summed E-state index contributed by atoms with van der Waals surface area (Å²) in [4.78, 5) is 32.5. The Bertz CT molecular complexity index is 1120. The molecular weight excluding hydrogens is 462 g/mol. The molecule has 2 aromatic carbocycles. The van der Waals surface area contributed by atoms with Crippen molar-refractivity contribution < 1.29 is 4.79 Å². The van der Waals surface area contributed by atoms with Crippen molar-refractivity contribution in [3.63, 3.8) is 0 Å². The van der Waals surface area contributed by atoms with E-state index in [1.807, 2.05) is 53.1 Å². The number of para-hydroxylation sites is 1. The number of amides is 1. The monoisotopic (exact) mass is 485 g/mol. The van der Waals surface area contributed by atoms with Gasteiger partial charge in [0.2, 0.25) is 5.91 Å². The quantitative estimate of drug-likeness (QED) is 0.363. The largest absolute Gasteiger partial charge is 0.341 e. The van der Waals surface area contributed by atoms with Gasteiger partial charge in [0.25, 0.3) is 5.56 Å². The maximum absolute atomic E-state index is 13.2. The van der Waals surface area contributed by atoms with Crippen LogP contribution in [-0.4, -0.2) is 33.2 Å². The van der Waals surface area contributed by atoms with Crippen LogP contribution in [-0.2, 0) is 11.3 Å². The molecule has 1 aliphatic carbocycles. The van der Waals surface area contributed by atoms with Crippen molar-refractivity contribution >= 4 is 44.5 Å². The first kappa shape index (κ1) is 21.1. The van der Waals surface area contributed by atoms with E-state index in [9.17, 15) is 9.59 Å². The first-order chi connectivity index (χ1) is 14.5. The SMILES string of the molecule is CN(Cc1ccccc1Br)C(=O)CSc1nc2ccccc2c(=O)n1C1CCCC1. The number of hydrogen-bond acceptors (Lipinski definition) is 4. The lowest BCUT2D eigenvalue weighted by molar-refractivity contribution is -0.127. The van der Waals surface area contributed by atoms with Crippen molar-refractivity contribution in [1.82, 2.24) is 14.5 Å². The number of carbonyl (C=O) groups excluding carboxylic acids is 1. The summed E-state index contributed by atoms with van der Waals surface area (Å²) >= 11 is 4.90. The number of aromatic nitrogens is 2. The smallest absolute Gasteiger partial charge is 0.262 e. The van der Waals surface area contributed by atoms with Crippen LogP contribution in [0.1, 0.15) is 37.3 Å². The van der Waals surface area contributed by atoms with Crippen molar-refractivity contribution in [2.75, 3.05) is 12.8 Å². The molecule has 5 nitrogen and oxygen atoms in total. The van der Waals surface area contributed by atoms with Crippen LogP contribution >= 0.6 is 27.7 Å². The van der Waals surface area contributed by atoms with Gasteiger partial charge in [-0.15, -0.1) is 0 Å². The van der Waals surface area contributed by atoms with Crippen molar-refractivity contribution in [3.8, 4) is 0 Å². The van der Waals surface area contributed by atoms with E-state index in [-0.39, 0.29) is 23.3 Å². The molecular formula is C23H24BrN3O2S. The second-order valence-electron chi connectivity index (χ2n) is 7.65. The second kappa shape index (κ2) is 9.35. The Morgan fingerprint density at radius 1 is 1.17 bits per heavy atom. The number of nitrogens with zero attached hydrogens (tertiary/aromatic N) is 3. The van der Waals surface area contributed by atoms with Crippen LogP contribution in [0.15, 0.2) is 63.0 Å². The second-order valence-corrected chi connectivity index (χ2v) is 9.45. The minimum Gasteiger partial charge on any atom is -0.341 e. The van der Waals surface area contributed by atoms with Crippen LogP contribution in [0, 0.1) is 0 Å². The maximum atomic E-state index is 13.2. The zero-order valence-corrected chi connectivity index (χ0v) is 19.3. The highest BCUT2D eigenvalue weighted by atomic mass is 79.9. The molecule has 1 aromatic heterocycles. The van der Waals surface area contributed by atoms with E-state index in [1.165, 1.54) is 11.8 Å². The van der Waals surface area contributed by atoms with Gasteiger partial charge in [0, 0.05) is 24.1 Å². The lowest BCUT2D eigenvalue weighted by Gasteiger charge is -2.20. The highest BCUT2D eigenvalue weighted by Crippen LogP contribution is 2.32. The summed E-state index contributed by atoms with van der Waals surface area (Å²) in [5.74, 6) is 0.259. The van der Waals surface area contributed by atoms with Crippen LogP contribution in [0.25, 0.3) is 10.9 Å².